The van der Waals surface area contributed by atoms with Crippen molar-refractivity contribution in [3.63, 3.8) is 0 Å². The molecule has 0 spiro atoms. The van der Waals surface area contributed by atoms with Gasteiger partial charge in [-0.05, 0) is 19.4 Å². The largest absolute Gasteiger partial charge is 0.241 e. The average Bonchev–Trinajstić information content (AvgIpc) is 2.03. The van der Waals surface area contributed by atoms with Crippen molar-refractivity contribution < 1.29 is 0 Å². The molecule has 0 saturated heterocycles. The molecule has 1 heterocycles. The first-order chi connectivity index (χ1) is 5.29. The van der Waals surface area contributed by atoms with E-state index < -0.39 is 0 Å². The van der Waals surface area contributed by atoms with E-state index in [1.165, 1.54) is 5.57 Å². The van der Waals surface area contributed by atoms with Gasteiger partial charge < -0.3 is 0 Å². The molecule has 0 bridgehead atoms. The van der Waals surface area contributed by atoms with Crippen LogP contribution in [0.4, 0.5) is 0 Å². The van der Waals surface area contributed by atoms with Crippen LogP contribution in [0.15, 0.2) is 30.6 Å². The van der Waals surface area contributed by atoms with Crippen LogP contribution in [0.5, 0.6) is 0 Å². The molecule has 2 heteroatoms. The van der Waals surface area contributed by atoms with Gasteiger partial charge in [-0.25, -0.2) is 9.97 Å². The van der Waals surface area contributed by atoms with E-state index in [2.05, 4.69) is 16.5 Å². The fourth-order valence-electron chi connectivity index (χ4n) is 0.784. The molecule has 0 aromatic carbocycles. The standard InChI is InChI=1S/C9H12N2/c1-8(2)4-5-9-10-6-3-7-11-9/h3,6-7H,1,4-5H2,2H3. The molecule has 1 rings (SSSR count). The third-order valence-corrected chi connectivity index (χ3v) is 1.39. The first-order valence-electron chi connectivity index (χ1n) is 3.69. The Morgan fingerprint density at radius 1 is 1.45 bits per heavy atom. The Morgan fingerprint density at radius 3 is 2.64 bits per heavy atom. The number of nitrogens with zero attached hydrogens (tertiary/aromatic N) is 2. The molecule has 2 nitrogen and oxygen atoms in total. The number of aryl methyl sites for hydroxylation is 1. The Kier molecular flexibility index (Phi) is 2.78. The Hall–Kier alpha value is -1.18. The quantitative estimate of drug-likeness (QED) is 0.612. The Labute approximate surface area is 67.0 Å². The van der Waals surface area contributed by atoms with E-state index in [0.29, 0.717) is 0 Å². The maximum Gasteiger partial charge on any atom is 0.128 e. The molecule has 0 aliphatic heterocycles. The summed E-state index contributed by atoms with van der Waals surface area (Å²) < 4.78 is 0. The number of rotatable bonds is 3. The van der Waals surface area contributed by atoms with E-state index in [1.54, 1.807) is 12.4 Å². The second-order valence-corrected chi connectivity index (χ2v) is 2.62. The summed E-state index contributed by atoms with van der Waals surface area (Å²) in [4.78, 5) is 8.20. The third kappa shape index (κ3) is 2.94. The molecule has 0 unspecified atom stereocenters. The number of allylic oxidation sites excluding steroid dienone is 1. The molecule has 0 N–H and O–H groups in total. The summed E-state index contributed by atoms with van der Waals surface area (Å²) in [5.41, 5.74) is 1.18. The van der Waals surface area contributed by atoms with E-state index in [-0.39, 0.29) is 0 Å². The van der Waals surface area contributed by atoms with Gasteiger partial charge in [0.2, 0.25) is 0 Å². The minimum atomic E-state index is 0.899. The third-order valence-electron chi connectivity index (χ3n) is 1.39. The lowest BCUT2D eigenvalue weighted by atomic mass is 10.2. The second-order valence-electron chi connectivity index (χ2n) is 2.62. The van der Waals surface area contributed by atoms with Crippen LogP contribution in [-0.4, -0.2) is 9.97 Å². The fraction of sp³-hybridized carbons (Fsp3) is 0.333. The van der Waals surface area contributed by atoms with Gasteiger partial charge in [0.1, 0.15) is 5.82 Å². The molecule has 0 saturated carbocycles. The van der Waals surface area contributed by atoms with Gasteiger partial charge in [0.05, 0.1) is 0 Å². The van der Waals surface area contributed by atoms with Gasteiger partial charge in [0.25, 0.3) is 0 Å². The van der Waals surface area contributed by atoms with Gasteiger partial charge in [0.15, 0.2) is 0 Å². The van der Waals surface area contributed by atoms with Crippen molar-refractivity contribution >= 4 is 0 Å². The monoisotopic (exact) mass is 148 g/mol. The molecular weight excluding hydrogens is 136 g/mol. The van der Waals surface area contributed by atoms with Gasteiger partial charge in [-0.3, -0.25) is 0 Å². The molecule has 11 heavy (non-hydrogen) atoms. The second kappa shape index (κ2) is 3.86. The summed E-state index contributed by atoms with van der Waals surface area (Å²) in [5.74, 6) is 0.899. The Bertz CT molecular complexity index is 229. The van der Waals surface area contributed by atoms with Crippen LogP contribution in [-0.2, 0) is 6.42 Å². The van der Waals surface area contributed by atoms with Crippen molar-refractivity contribution in [2.24, 2.45) is 0 Å². The van der Waals surface area contributed by atoms with Crippen LogP contribution >= 0.6 is 0 Å². The number of aromatic nitrogens is 2. The van der Waals surface area contributed by atoms with Crippen LogP contribution in [0, 0.1) is 0 Å². The van der Waals surface area contributed by atoms with E-state index in [9.17, 15) is 0 Å². The molecule has 0 fully saturated rings. The van der Waals surface area contributed by atoms with Gasteiger partial charge in [0, 0.05) is 18.8 Å². The molecule has 0 aliphatic carbocycles. The smallest absolute Gasteiger partial charge is 0.128 e. The molecule has 0 amide bonds. The summed E-state index contributed by atoms with van der Waals surface area (Å²) >= 11 is 0. The maximum atomic E-state index is 4.10. The zero-order valence-corrected chi connectivity index (χ0v) is 6.75. The van der Waals surface area contributed by atoms with Gasteiger partial charge in [-0.1, -0.05) is 5.57 Å². The predicted molar refractivity (Wildman–Crippen MR) is 45.2 cm³/mol. The highest BCUT2D eigenvalue weighted by Crippen LogP contribution is 2.00. The van der Waals surface area contributed by atoms with Crippen molar-refractivity contribution in [1.82, 2.24) is 9.97 Å². The van der Waals surface area contributed by atoms with Crippen LogP contribution in [0.2, 0.25) is 0 Å². The zero-order valence-electron chi connectivity index (χ0n) is 6.75. The lowest BCUT2D eigenvalue weighted by molar-refractivity contribution is 0.851. The summed E-state index contributed by atoms with van der Waals surface area (Å²) in [5, 5.41) is 0. The van der Waals surface area contributed by atoms with Crippen LogP contribution in [0.1, 0.15) is 19.2 Å². The summed E-state index contributed by atoms with van der Waals surface area (Å²) in [6.45, 7) is 5.83. The maximum absolute atomic E-state index is 4.10. The Balaban J connectivity index is 2.45. The van der Waals surface area contributed by atoms with Crippen molar-refractivity contribution in [2.45, 2.75) is 19.8 Å². The van der Waals surface area contributed by atoms with E-state index in [1.807, 2.05) is 13.0 Å². The molecule has 1 aromatic heterocycles. The van der Waals surface area contributed by atoms with Gasteiger partial charge in [-0.15, -0.1) is 6.58 Å². The lowest BCUT2D eigenvalue weighted by Gasteiger charge is -1.96. The molecule has 0 atom stereocenters. The van der Waals surface area contributed by atoms with Gasteiger partial charge >= 0.3 is 0 Å². The van der Waals surface area contributed by atoms with Crippen molar-refractivity contribution in [2.75, 3.05) is 0 Å². The molecule has 0 aliphatic rings. The predicted octanol–water partition coefficient (Wildman–Crippen LogP) is 1.99. The normalized spacial score (nSPS) is 9.55. The van der Waals surface area contributed by atoms with Gasteiger partial charge in [-0.2, -0.15) is 0 Å². The van der Waals surface area contributed by atoms with Crippen molar-refractivity contribution in [3.05, 3.63) is 36.4 Å². The highest BCUT2D eigenvalue weighted by atomic mass is 14.8. The first-order valence-corrected chi connectivity index (χ1v) is 3.69. The summed E-state index contributed by atoms with van der Waals surface area (Å²) in [7, 11) is 0. The van der Waals surface area contributed by atoms with Crippen molar-refractivity contribution in [3.8, 4) is 0 Å². The Morgan fingerprint density at radius 2 is 2.09 bits per heavy atom. The topological polar surface area (TPSA) is 25.8 Å². The van der Waals surface area contributed by atoms with Crippen LogP contribution in [0.3, 0.4) is 0 Å². The highest BCUT2D eigenvalue weighted by Gasteiger charge is 1.93. The van der Waals surface area contributed by atoms with Crippen LogP contribution < -0.4 is 0 Å². The average molecular weight is 148 g/mol. The lowest BCUT2D eigenvalue weighted by Crippen LogP contribution is -1.92. The van der Waals surface area contributed by atoms with E-state index in [0.717, 1.165) is 18.7 Å². The first kappa shape index (κ1) is 7.92. The SMILES string of the molecule is C=C(C)CCc1ncccn1. The number of hydrogen-bond acceptors (Lipinski definition) is 2. The number of hydrogen-bond donors (Lipinski definition) is 0. The zero-order chi connectivity index (χ0) is 8.10. The molecule has 58 valence electrons. The summed E-state index contributed by atoms with van der Waals surface area (Å²) in [6, 6.07) is 1.82. The highest BCUT2D eigenvalue weighted by molar-refractivity contribution is 4.95. The molecular formula is C9H12N2. The van der Waals surface area contributed by atoms with Crippen molar-refractivity contribution in [1.29, 1.82) is 0 Å². The minimum absolute atomic E-state index is 0.899. The minimum Gasteiger partial charge on any atom is -0.241 e. The molecule has 0 radical (unpaired) electrons. The van der Waals surface area contributed by atoms with E-state index >= 15 is 0 Å². The molecule has 1 aromatic rings. The van der Waals surface area contributed by atoms with E-state index in [4.69, 9.17) is 0 Å². The van der Waals surface area contributed by atoms with Crippen LogP contribution in [0.25, 0.3) is 0 Å². The summed E-state index contributed by atoms with van der Waals surface area (Å²) in [6.07, 6.45) is 5.40. The fourth-order valence-corrected chi connectivity index (χ4v) is 0.784.